The number of aromatic hydroxyl groups is 1. The average molecular weight is 343 g/mol. The van der Waals surface area contributed by atoms with E-state index in [1.165, 1.54) is 24.3 Å². The van der Waals surface area contributed by atoms with Crippen LogP contribution in [0.4, 0.5) is 11.4 Å². The molecule has 2 rings (SSSR count). The smallest absolute Gasteiger partial charge is 0.275 e. The fourth-order valence-corrected chi connectivity index (χ4v) is 2.13. The third-order valence-electron chi connectivity index (χ3n) is 3.36. The molecule has 0 fully saturated rings. The summed E-state index contributed by atoms with van der Waals surface area (Å²) >= 11 is 0. The number of aliphatic hydroxyl groups is 1. The van der Waals surface area contributed by atoms with E-state index in [0.717, 1.165) is 6.07 Å². The molecular formula is C15H13N5O5. The molecule has 0 aliphatic heterocycles. The number of phenols is 1. The highest BCUT2D eigenvalue weighted by atomic mass is 16.6. The van der Waals surface area contributed by atoms with Gasteiger partial charge in [-0.25, -0.2) is 0 Å². The largest absolute Gasteiger partial charge is 0.507 e. The Kier molecular flexibility index (Phi) is 5.51. The third kappa shape index (κ3) is 4.22. The van der Waals surface area contributed by atoms with Crippen molar-refractivity contribution in [3.05, 3.63) is 73.6 Å². The van der Waals surface area contributed by atoms with Gasteiger partial charge in [-0.2, -0.15) is 0 Å². The minimum absolute atomic E-state index is 0.0110. The first-order chi connectivity index (χ1) is 12.0. The van der Waals surface area contributed by atoms with Crippen molar-refractivity contribution in [2.75, 3.05) is 0 Å². The fourth-order valence-electron chi connectivity index (χ4n) is 2.13. The Bertz CT molecular complexity index is 877. The number of carbonyl (C=O) groups excluding carboxylic acids is 1. The van der Waals surface area contributed by atoms with Gasteiger partial charge in [-0.1, -0.05) is 17.2 Å². The van der Waals surface area contributed by atoms with Crippen molar-refractivity contribution in [3.63, 3.8) is 0 Å². The summed E-state index contributed by atoms with van der Waals surface area (Å²) in [5, 5.41) is 35.7. The second-order valence-electron chi connectivity index (χ2n) is 4.95. The van der Waals surface area contributed by atoms with Gasteiger partial charge in [-0.15, -0.1) is 0 Å². The van der Waals surface area contributed by atoms with Crippen LogP contribution in [0.2, 0.25) is 0 Å². The lowest BCUT2D eigenvalue weighted by Gasteiger charge is -2.08. The van der Waals surface area contributed by atoms with E-state index in [1.54, 1.807) is 6.07 Å². The number of aliphatic hydroxyl groups excluding tert-OH is 1. The van der Waals surface area contributed by atoms with E-state index >= 15 is 0 Å². The summed E-state index contributed by atoms with van der Waals surface area (Å²) in [6.07, 6.45) is 0. The van der Waals surface area contributed by atoms with Gasteiger partial charge in [0.15, 0.2) is 0 Å². The molecule has 128 valence electrons. The van der Waals surface area contributed by atoms with Crippen molar-refractivity contribution in [2.24, 2.45) is 5.11 Å². The van der Waals surface area contributed by atoms with E-state index in [4.69, 9.17) is 10.6 Å². The molecule has 0 heterocycles. The van der Waals surface area contributed by atoms with Crippen LogP contribution in [0, 0.1) is 10.1 Å². The highest BCUT2D eigenvalue weighted by molar-refractivity contribution is 5.97. The van der Waals surface area contributed by atoms with E-state index in [0.29, 0.717) is 5.56 Å². The van der Waals surface area contributed by atoms with E-state index in [-0.39, 0.29) is 34.8 Å². The van der Waals surface area contributed by atoms with Crippen LogP contribution in [0.5, 0.6) is 5.75 Å². The molecule has 0 aliphatic carbocycles. The molecule has 0 radical (unpaired) electrons. The predicted molar refractivity (Wildman–Crippen MR) is 87.1 cm³/mol. The molecule has 0 spiro atoms. The summed E-state index contributed by atoms with van der Waals surface area (Å²) in [5.41, 5.74) is 8.85. The quantitative estimate of drug-likeness (QED) is 0.241. The fraction of sp³-hybridized carbons (Fsp3) is 0.133. The summed E-state index contributed by atoms with van der Waals surface area (Å²) in [6.45, 7) is -0.475. The topological polar surface area (TPSA) is 161 Å². The van der Waals surface area contributed by atoms with Gasteiger partial charge in [-0.3, -0.25) is 14.9 Å². The van der Waals surface area contributed by atoms with Gasteiger partial charge in [0, 0.05) is 23.2 Å². The molecule has 0 unspecified atom stereocenters. The molecule has 10 nitrogen and oxygen atoms in total. The molecule has 0 saturated carbocycles. The summed E-state index contributed by atoms with van der Waals surface area (Å²) < 4.78 is 0. The molecular weight excluding hydrogens is 330 g/mol. The van der Waals surface area contributed by atoms with Gasteiger partial charge in [0.05, 0.1) is 22.7 Å². The van der Waals surface area contributed by atoms with Crippen molar-refractivity contribution in [3.8, 4) is 5.75 Å². The van der Waals surface area contributed by atoms with Crippen LogP contribution < -0.4 is 5.32 Å². The molecule has 2 aromatic rings. The Morgan fingerprint density at radius 3 is 2.68 bits per heavy atom. The zero-order valence-corrected chi connectivity index (χ0v) is 12.8. The predicted octanol–water partition coefficient (Wildman–Crippen LogP) is 2.66. The second kappa shape index (κ2) is 7.77. The van der Waals surface area contributed by atoms with Gasteiger partial charge < -0.3 is 15.5 Å². The first-order valence-corrected chi connectivity index (χ1v) is 6.99. The molecule has 0 atom stereocenters. The number of azide groups is 1. The number of nitro groups is 1. The highest BCUT2D eigenvalue weighted by Gasteiger charge is 2.15. The van der Waals surface area contributed by atoms with E-state index < -0.39 is 17.4 Å². The molecule has 3 N–H and O–H groups in total. The van der Waals surface area contributed by atoms with E-state index in [9.17, 15) is 20.0 Å². The van der Waals surface area contributed by atoms with Crippen LogP contribution in [0.25, 0.3) is 10.4 Å². The minimum Gasteiger partial charge on any atom is -0.507 e. The van der Waals surface area contributed by atoms with Crippen molar-refractivity contribution in [2.45, 2.75) is 13.2 Å². The number of phenolic OH excluding ortho intramolecular Hbond substituents is 1. The van der Waals surface area contributed by atoms with E-state index in [2.05, 4.69) is 15.3 Å². The maximum Gasteiger partial charge on any atom is 0.275 e. The Morgan fingerprint density at radius 2 is 2.08 bits per heavy atom. The number of benzene rings is 2. The maximum absolute atomic E-state index is 12.1. The van der Waals surface area contributed by atoms with Crippen molar-refractivity contribution < 1.29 is 19.9 Å². The van der Waals surface area contributed by atoms with Crippen molar-refractivity contribution >= 4 is 17.3 Å². The molecule has 2 aromatic carbocycles. The number of hydrogen-bond acceptors (Lipinski definition) is 6. The number of nitrogens with one attached hydrogen (secondary N) is 1. The second-order valence-corrected chi connectivity index (χ2v) is 4.95. The van der Waals surface area contributed by atoms with Crippen molar-refractivity contribution in [1.29, 1.82) is 0 Å². The standard InChI is InChI=1S/C15H13N5O5/c16-19-18-11-3-4-12(14(22)6-11)15(23)17-7-9-1-2-10(8-21)13(5-9)20(24)25/h1-6,21-22H,7-8H2,(H,17,23). The highest BCUT2D eigenvalue weighted by Crippen LogP contribution is 2.24. The van der Waals surface area contributed by atoms with Crippen LogP contribution in [0.3, 0.4) is 0 Å². The number of amides is 1. The zero-order valence-electron chi connectivity index (χ0n) is 12.8. The lowest BCUT2D eigenvalue weighted by atomic mass is 10.1. The zero-order chi connectivity index (χ0) is 18.4. The summed E-state index contributed by atoms with van der Waals surface area (Å²) in [6, 6.07) is 8.03. The Labute approximate surface area is 141 Å². The monoisotopic (exact) mass is 343 g/mol. The van der Waals surface area contributed by atoms with Crippen LogP contribution in [0.15, 0.2) is 41.5 Å². The number of nitro benzene ring substituents is 1. The normalized spacial score (nSPS) is 9.96. The number of carbonyl (C=O) groups is 1. The van der Waals surface area contributed by atoms with Gasteiger partial charge in [0.1, 0.15) is 5.75 Å². The molecule has 25 heavy (non-hydrogen) atoms. The Morgan fingerprint density at radius 1 is 1.32 bits per heavy atom. The third-order valence-corrected chi connectivity index (χ3v) is 3.36. The maximum atomic E-state index is 12.1. The number of rotatable bonds is 6. The van der Waals surface area contributed by atoms with Crippen LogP contribution in [-0.4, -0.2) is 21.0 Å². The molecule has 1 amide bonds. The lowest BCUT2D eigenvalue weighted by molar-refractivity contribution is -0.385. The Balaban J connectivity index is 2.13. The number of hydrogen-bond donors (Lipinski definition) is 3. The molecule has 0 bridgehead atoms. The summed E-state index contributed by atoms with van der Waals surface area (Å²) in [5.74, 6) is -0.956. The lowest BCUT2D eigenvalue weighted by Crippen LogP contribution is -2.22. The molecule has 0 saturated heterocycles. The average Bonchev–Trinajstić information content (AvgIpc) is 2.59. The Hall–Kier alpha value is -3.62. The summed E-state index contributed by atoms with van der Waals surface area (Å²) in [7, 11) is 0. The SMILES string of the molecule is [N-]=[N+]=Nc1ccc(C(=O)NCc2ccc(CO)c([N+](=O)[O-])c2)c(O)c1. The minimum atomic E-state index is -0.614. The van der Waals surface area contributed by atoms with Gasteiger partial charge in [0.25, 0.3) is 11.6 Å². The van der Waals surface area contributed by atoms with Crippen LogP contribution >= 0.6 is 0 Å². The molecule has 10 heteroatoms. The first-order valence-electron chi connectivity index (χ1n) is 6.99. The van der Waals surface area contributed by atoms with Gasteiger partial charge >= 0.3 is 0 Å². The summed E-state index contributed by atoms with van der Waals surface area (Å²) in [4.78, 5) is 25.0. The van der Waals surface area contributed by atoms with Crippen LogP contribution in [-0.2, 0) is 13.2 Å². The van der Waals surface area contributed by atoms with E-state index in [1.807, 2.05) is 0 Å². The molecule has 0 aromatic heterocycles. The number of nitrogens with zero attached hydrogens (tertiary/aromatic N) is 4. The van der Waals surface area contributed by atoms with Gasteiger partial charge in [0.2, 0.25) is 0 Å². The van der Waals surface area contributed by atoms with Gasteiger partial charge in [-0.05, 0) is 29.3 Å². The first kappa shape index (κ1) is 17.7. The van der Waals surface area contributed by atoms with Crippen LogP contribution in [0.1, 0.15) is 21.5 Å². The van der Waals surface area contributed by atoms with Crippen molar-refractivity contribution in [1.82, 2.24) is 5.32 Å². The molecule has 0 aliphatic rings.